The lowest BCUT2D eigenvalue weighted by atomic mass is 10.1. The summed E-state index contributed by atoms with van der Waals surface area (Å²) in [4.78, 5) is 27.6. The van der Waals surface area contributed by atoms with Crippen molar-refractivity contribution in [1.82, 2.24) is 15.0 Å². The molecule has 0 unspecified atom stereocenters. The number of morpholine rings is 1. The predicted molar refractivity (Wildman–Crippen MR) is 121 cm³/mol. The SMILES string of the molecule is Nc1ccc(C(=O)Nc2cccc(-c3nc(N4CCOCC4)c4[nH]ccc4n3)c2)cc1. The number of aromatic amines is 1. The number of fused-ring (bicyclic) bond motifs is 1. The molecule has 2 aromatic heterocycles. The van der Waals surface area contributed by atoms with Crippen molar-refractivity contribution in [2.24, 2.45) is 0 Å². The molecule has 0 aliphatic carbocycles. The first-order chi connectivity index (χ1) is 15.2. The third-order valence-electron chi connectivity index (χ3n) is 5.25. The predicted octanol–water partition coefficient (Wildman–Crippen LogP) is 3.30. The van der Waals surface area contributed by atoms with E-state index in [1.54, 1.807) is 24.3 Å². The van der Waals surface area contributed by atoms with E-state index in [0.29, 0.717) is 36.0 Å². The number of nitrogen functional groups attached to an aromatic ring is 1. The van der Waals surface area contributed by atoms with Gasteiger partial charge in [-0.05, 0) is 42.5 Å². The first-order valence-electron chi connectivity index (χ1n) is 10.1. The van der Waals surface area contributed by atoms with E-state index >= 15 is 0 Å². The van der Waals surface area contributed by atoms with Gasteiger partial charge < -0.3 is 25.7 Å². The molecule has 8 heteroatoms. The molecule has 3 heterocycles. The first kappa shape index (κ1) is 19.1. The van der Waals surface area contributed by atoms with Gasteiger partial charge in [-0.3, -0.25) is 4.79 Å². The van der Waals surface area contributed by atoms with Gasteiger partial charge in [0.15, 0.2) is 11.6 Å². The molecule has 0 saturated carbocycles. The quantitative estimate of drug-likeness (QED) is 0.442. The highest BCUT2D eigenvalue weighted by molar-refractivity contribution is 6.04. The van der Waals surface area contributed by atoms with E-state index in [-0.39, 0.29) is 5.91 Å². The van der Waals surface area contributed by atoms with Crippen LogP contribution in [0.5, 0.6) is 0 Å². The first-order valence-corrected chi connectivity index (χ1v) is 10.1. The molecule has 4 aromatic rings. The molecule has 0 bridgehead atoms. The second-order valence-corrected chi connectivity index (χ2v) is 7.37. The Labute approximate surface area is 179 Å². The van der Waals surface area contributed by atoms with Gasteiger partial charge in [0.05, 0.1) is 18.7 Å². The van der Waals surface area contributed by atoms with Crippen molar-refractivity contribution in [3.63, 3.8) is 0 Å². The number of anilines is 3. The number of carbonyl (C=O) groups excluding carboxylic acids is 1. The van der Waals surface area contributed by atoms with Crippen LogP contribution < -0.4 is 16.0 Å². The maximum Gasteiger partial charge on any atom is 0.255 e. The molecule has 8 nitrogen and oxygen atoms in total. The van der Waals surface area contributed by atoms with Crippen LogP contribution in [0.3, 0.4) is 0 Å². The van der Waals surface area contributed by atoms with Gasteiger partial charge in [-0.1, -0.05) is 12.1 Å². The van der Waals surface area contributed by atoms with Crippen molar-refractivity contribution >= 4 is 34.1 Å². The Balaban J connectivity index is 1.46. The van der Waals surface area contributed by atoms with E-state index in [1.165, 1.54) is 0 Å². The number of nitrogens with zero attached hydrogens (tertiary/aromatic N) is 3. The van der Waals surface area contributed by atoms with Crippen molar-refractivity contribution < 1.29 is 9.53 Å². The highest BCUT2D eigenvalue weighted by Gasteiger charge is 2.19. The topological polar surface area (TPSA) is 109 Å². The van der Waals surface area contributed by atoms with Crippen molar-refractivity contribution in [2.45, 2.75) is 0 Å². The maximum atomic E-state index is 12.6. The molecule has 4 N–H and O–H groups in total. The van der Waals surface area contributed by atoms with Crippen LogP contribution >= 0.6 is 0 Å². The average molecular weight is 414 g/mol. The molecule has 1 aliphatic heterocycles. The van der Waals surface area contributed by atoms with Gasteiger partial charge in [0.1, 0.15) is 5.52 Å². The standard InChI is InChI=1S/C23H22N6O2/c24-17-6-4-15(5-7-17)23(30)26-18-3-1-2-16(14-18)21-27-19-8-9-25-20(19)22(28-21)29-10-12-31-13-11-29/h1-9,14,25H,10-13,24H2,(H,26,30). The van der Waals surface area contributed by atoms with Crippen LogP contribution in [-0.2, 0) is 4.74 Å². The number of rotatable bonds is 4. The highest BCUT2D eigenvalue weighted by atomic mass is 16.5. The Morgan fingerprint density at radius 3 is 2.68 bits per heavy atom. The number of H-pyrrole nitrogens is 1. The number of ether oxygens (including phenoxy) is 1. The van der Waals surface area contributed by atoms with E-state index in [4.69, 9.17) is 20.4 Å². The van der Waals surface area contributed by atoms with Crippen LogP contribution in [0.2, 0.25) is 0 Å². The van der Waals surface area contributed by atoms with Gasteiger partial charge in [0.2, 0.25) is 0 Å². The van der Waals surface area contributed by atoms with Crippen LogP contribution in [0.15, 0.2) is 60.8 Å². The van der Waals surface area contributed by atoms with E-state index in [2.05, 4.69) is 15.2 Å². The van der Waals surface area contributed by atoms with Crippen LogP contribution in [0.1, 0.15) is 10.4 Å². The number of nitrogens with one attached hydrogen (secondary N) is 2. The van der Waals surface area contributed by atoms with Crippen LogP contribution in [0.25, 0.3) is 22.4 Å². The van der Waals surface area contributed by atoms with Crippen LogP contribution in [0.4, 0.5) is 17.2 Å². The number of hydrogen-bond acceptors (Lipinski definition) is 6. The molecule has 0 atom stereocenters. The summed E-state index contributed by atoms with van der Waals surface area (Å²) in [5.74, 6) is 1.27. The van der Waals surface area contributed by atoms with Gasteiger partial charge >= 0.3 is 0 Å². The Morgan fingerprint density at radius 2 is 1.87 bits per heavy atom. The number of nitrogens with two attached hydrogens (primary N) is 1. The summed E-state index contributed by atoms with van der Waals surface area (Å²) in [6.45, 7) is 2.91. The fourth-order valence-corrected chi connectivity index (χ4v) is 3.64. The number of amides is 1. The minimum atomic E-state index is -0.201. The van der Waals surface area contributed by atoms with Crippen molar-refractivity contribution in [3.05, 3.63) is 66.4 Å². The molecule has 1 amide bonds. The van der Waals surface area contributed by atoms with Crippen LogP contribution in [0, 0.1) is 0 Å². The molecular weight excluding hydrogens is 392 g/mol. The molecule has 0 radical (unpaired) electrons. The molecular formula is C23H22N6O2. The van der Waals surface area contributed by atoms with E-state index in [1.807, 2.05) is 36.5 Å². The maximum absolute atomic E-state index is 12.6. The summed E-state index contributed by atoms with van der Waals surface area (Å²) < 4.78 is 5.48. The Hall–Kier alpha value is -3.91. The summed E-state index contributed by atoms with van der Waals surface area (Å²) in [5, 5.41) is 2.93. The van der Waals surface area contributed by atoms with E-state index in [9.17, 15) is 4.79 Å². The minimum Gasteiger partial charge on any atom is -0.399 e. The molecule has 0 spiro atoms. The summed E-state index contributed by atoms with van der Waals surface area (Å²) >= 11 is 0. The summed E-state index contributed by atoms with van der Waals surface area (Å²) in [6.07, 6.45) is 1.87. The second kappa shape index (κ2) is 8.08. The number of carbonyl (C=O) groups is 1. The normalized spacial score (nSPS) is 14.0. The van der Waals surface area contributed by atoms with Gasteiger partial charge in [0.25, 0.3) is 5.91 Å². The molecule has 2 aromatic carbocycles. The molecule has 1 aliphatic rings. The molecule has 1 saturated heterocycles. The molecule has 156 valence electrons. The van der Waals surface area contributed by atoms with Gasteiger partial charge in [0, 0.05) is 41.8 Å². The van der Waals surface area contributed by atoms with E-state index < -0.39 is 0 Å². The van der Waals surface area contributed by atoms with E-state index in [0.717, 1.165) is 35.5 Å². The Kier molecular flexibility index (Phi) is 4.97. The van der Waals surface area contributed by atoms with Crippen LogP contribution in [-0.4, -0.2) is 47.2 Å². The molecule has 31 heavy (non-hydrogen) atoms. The van der Waals surface area contributed by atoms with Gasteiger partial charge in [-0.2, -0.15) is 0 Å². The average Bonchev–Trinajstić information content (AvgIpc) is 3.28. The third kappa shape index (κ3) is 3.93. The lowest BCUT2D eigenvalue weighted by molar-refractivity contribution is 0.102. The fourth-order valence-electron chi connectivity index (χ4n) is 3.64. The smallest absolute Gasteiger partial charge is 0.255 e. The summed E-state index contributed by atoms with van der Waals surface area (Å²) in [5.41, 5.74) is 10.1. The molecule has 5 rings (SSSR count). The monoisotopic (exact) mass is 414 g/mol. The van der Waals surface area contributed by atoms with Gasteiger partial charge in [-0.15, -0.1) is 0 Å². The zero-order chi connectivity index (χ0) is 21.2. The highest BCUT2D eigenvalue weighted by Crippen LogP contribution is 2.28. The van der Waals surface area contributed by atoms with Crippen molar-refractivity contribution in [3.8, 4) is 11.4 Å². The summed E-state index contributed by atoms with van der Waals surface area (Å²) in [6, 6.07) is 16.3. The number of hydrogen-bond donors (Lipinski definition) is 3. The van der Waals surface area contributed by atoms with Crippen molar-refractivity contribution in [2.75, 3.05) is 42.3 Å². The second-order valence-electron chi connectivity index (χ2n) is 7.37. The number of aromatic nitrogens is 3. The number of benzene rings is 2. The lowest BCUT2D eigenvalue weighted by Gasteiger charge is -2.28. The summed E-state index contributed by atoms with van der Waals surface area (Å²) in [7, 11) is 0. The zero-order valence-corrected chi connectivity index (χ0v) is 16.8. The Bertz CT molecular complexity index is 1230. The lowest BCUT2D eigenvalue weighted by Crippen LogP contribution is -2.37. The van der Waals surface area contributed by atoms with Gasteiger partial charge in [-0.25, -0.2) is 9.97 Å². The fraction of sp³-hybridized carbons (Fsp3) is 0.174. The zero-order valence-electron chi connectivity index (χ0n) is 16.8. The largest absolute Gasteiger partial charge is 0.399 e. The molecule has 1 fully saturated rings. The third-order valence-corrected chi connectivity index (χ3v) is 5.25. The Morgan fingerprint density at radius 1 is 1.06 bits per heavy atom. The minimum absolute atomic E-state index is 0.201. The van der Waals surface area contributed by atoms with Crippen molar-refractivity contribution in [1.29, 1.82) is 0 Å².